The molecule has 8 heteroatoms. The lowest BCUT2D eigenvalue weighted by Crippen LogP contribution is -2.09. The van der Waals surface area contributed by atoms with Crippen molar-refractivity contribution in [2.75, 3.05) is 0 Å². The van der Waals surface area contributed by atoms with Crippen molar-refractivity contribution >= 4 is 15.9 Å². The van der Waals surface area contributed by atoms with E-state index in [0.29, 0.717) is 5.69 Å². The van der Waals surface area contributed by atoms with E-state index in [1.165, 1.54) is 0 Å². The highest BCUT2D eigenvalue weighted by atomic mass is 79.9. The highest BCUT2D eigenvalue weighted by molar-refractivity contribution is 9.10. The van der Waals surface area contributed by atoms with Crippen LogP contribution in [-0.2, 0) is 6.18 Å². The van der Waals surface area contributed by atoms with Crippen molar-refractivity contribution < 1.29 is 13.2 Å². The van der Waals surface area contributed by atoms with Gasteiger partial charge in [0.2, 0.25) is 4.73 Å². The summed E-state index contributed by atoms with van der Waals surface area (Å²) in [7, 11) is 0. The Bertz CT molecular complexity index is 799. The largest absolute Gasteiger partial charge is 0.453 e. The Morgan fingerprint density at radius 1 is 0.909 bits per heavy atom. The van der Waals surface area contributed by atoms with Crippen molar-refractivity contribution in [3.63, 3.8) is 0 Å². The molecule has 0 aliphatic heterocycles. The zero-order valence-corrected chi connectivity index (χ0v) is 12.5. The first-order valence-electron chi connectivity index (χ1n) is 6.18. The van der Waals surface area contributed by atoms with Gasteiger partial charge in [-0.3, -0.25) is 0 Å². The topological polar surface area (TPSA) is 43.6 Å². The van der Waals surface area contributed by atoms with Crippen molar-refractivity contribution in [3.05, 3.63) is 59.1 Å². The molecule has 0 saturated heterocycles. The maximum Gasteiger partial charge on any atom is 0.453 e. The van der Waals surface area contributed by atoms with Crippen molar-refractivity contribution in [1.82, 2.24) is 19.7 Å². The molecule has 0 amide bonds. The molecule has 1 aromatic carbocycles. The molecule has 0 unspecified atom stereocenters. The molecule has 0 saturated carbocycles. The molecule has 2 heterocycles. The summed E-state index contributed by atoms with van der Waals surface area (Å²) in [6, 6.07) is 14.4. The number of pyridine rings is 1. The monoisotopic (exact) mass is 368 g/mol. The fraction of sp³-hybridized carbons (Fsp3) is 0.0714. The van der Waals surface area contributed by atoms with Crippen molar-refractivity contribution in [1.29, 1.82) is 0 Å². The van der Waals surface area contributed by atoms with Crippen LogP contribution < -0.4 is 0 Å². The lowest BCUT2D eigenvalue weighted by molar-refractivity contribution is -0.144. The van der Waals surface area contributed by atoms with E-state index in [-0.39, 0.29) is 10.6 Å². The number of rotatable bonds is 2. The van der Waals surface area contributed by atoms with Gasteiger partial charge >= 0.3 is 6.18 Å². The Hall–Kier alpha value is -2.22. The van der Waals surface area contributed by atoms with E-state index in [1.54, 1.807) is 18.2 Å². The standard InChI is InChI=1S/C14H8BrF3N4/c15-13-20-12(14(16,17)18)21-22(13)11-8-4-7-10(19-11)9-5-2-1-3-6-9/h1-8H. The summed E-state index contributed by atoms with van der Waals surface area (Å²) in [5.74, 6) is -0.970. The van der Waals surface area contributed by atoms with E-state index in [0.717, 1.165) is 10.2 Å². The normalized spacial score (nSPS) is 11.6. The average Bonchev–Trinajstić information content (AvgIpc) is 2.90. The van der Waals surface area contributed by atoms with E-state index in [2.05, 4.69) is 31.0 Å². The first kappa shape index (κ1) is 14.7. The molecule has 0 bridgehead atoms. The van der Waals surface area contributed by atoms with E-state index in [1.807, 2.05) is 30.3 Å². The number of aromatic nitrogens is 4. The highest BCUT2D eigenvalue weighted by Crippen LogP contribution is 2.28. The number of hydrogen-bond acceptors (Lipinski definition) is 3. The minimum atomic E-state index is -4.61. The number of nitrogens with zero attached hydrogens (tertiary/aromatic N) is 4. The van der Waals surface area contributed by atoms with Crippen molar-refractivity contribution in [2.45, 2.75) is 6.18 Å². The predicted octanol–water partition coefficient (Wildman–Crippen LogP) is 4.11. The molecule has 2 aromatic heterocycles. The van der Waals surface area contributed by atoms with Crippen LogP contribution in [-0.4, -0.2) is 19.7 Å². The lowest BCUT2D eigenvalue weighted by atomic mass is 10.1. The molecule has 0 N–H and O–H groups in total. The van der Waals surface area contributed by atoms with Gasteiger partial charge in [0.25, 0.3) is 5.82 Å². The van der Waals surface area contributed by atoms with Gasteiger partial charge < -0.3 is 0 Å². The average molecular weight is 369 g/mol. The van der Waals surface area contributed by atoms with Crippen LogP contribution in [0.25, 0.3) is 17.1 Å². The zero-order valence-electron chi connectivity index (χ0n) is 10.9. The maximum absolute atomic E-state index is 12.7. The fourth-order valence-corrected chi connectivity index (χ4v) is 2.30. The molecular formula is C14H8BrF3N4. The summed E-state index contributed by atoms with van der Waals surface area (Å²) in [6.07, 6.45) is -4.61. The molecule has 4 nitrogen and oxygen atoms in total. The van der Waals surface area contributed by atoms with E-state index < -0.39 is 12.0 Å². The van der Waals surface area contributed by atoms with Gasteiger partial charge in [0.1, 0.15) is 0 Å². The van der Waals surface area contributed by atoms with Gasteiger partial charge in [-0.25, -0.2) is 4.98 Å². The van der Waals surface area contributed by atoms with Crippen LogP contribution in [0.3, 0.4) is 0 Å². The summed E-state index contributed by atoms with van der Waals surface area (Å²) in [6.45, 7) is 0. The third kappa shape index (κ3) is 2.87. The zero-order chi connectivity index (χ0) is 15.7. The SMILES string of the molecule is FC(F)(F)c1nc(Br)n(-c2cccc(-c3ccccc3)n2)n1. The molecule has 3 aromatic rings. The van der Waals surface area contributed by atoms with Gasteiger partial charge in [-0.05, 0) is 28.1 Å². The Labute approximate surface area is 131 Å². The van der Waals surface area contributed by atoms with E-state index in [4.69, 9.17) is 0 Å². The number of hydrogen-bond donors (Lipinski definition) is 0. The molecule has 0 radical (unpaired) electrons. The second-order valence-electron chi connectivity index (χ2n) is 4.36. The molecular weight excluding hydrogens is 361 g/mol. The minimum absolute atomic E-state index is 0.0578. The van der Waals surface area contributed by atoms with Gasteiger partial charge in [0.05, 0.1) is 5.69 Å². The molecule has 0 fully saturated rings. The van der Waals surface area contributed by atoms with E-state index in [9.17, 15) is 13.2 Å². The smallest absolute Gasteiger partial charge is 0.229 e. The van der Waals surface area contributed by atoms with Gasteiger partial charge in [0, 0.05) is 5.56 Å². The van der Waals surface area contributed by atoms with Gasteiger partial charge in [-0.1, -0.05) is 36.4 Å². The summed E-state index contributed by atoms with van der Waals surface area (Å²) in [5, 5.41) is 3.46. The molecule has 0 spiro atoms. The summed E-state index contributed by atoms with van der Waals surface area (Å²) < 4.78 is 38.9. The fourth-order valence-electron chi connectivity index (χ4n) is 1.87. The Balaban J connectivity index is 2.05. The summed E-state index contributed by atoms with van der Waals surface area (Å²) in [5.41, 5.74) is 1.49. The second-order valence-corrected chi connectivity index (χ2v) is 5.07. The first-order chi connectivity index (χ1) is 10.4. The maximum atomic E-state index is 12.7. The van der Waals surface area contributed by atoms with Crippen LogP contribution >= 0.6 is 15.9 Å². The van der Waals surface area contributed by atoms with Crippen LogP contribution in [0.2, 0.25) is 0 Å². The van der Waals surface area contributed by atoms with Crippen LogP contribution in [0.5, 0.6) is 0 Å². The Morgan fingerprint density at radius 3 is 2.27 bits per heavy atom. The van der Waals surface area contributed by atoms with Crippen LogP contribution in [0.4, 0.5) is 13.2 Å². The van der Waals surface area contributed by atoms with Crippen molar-refractivity contribution in [3.8, 4) is 17.1 Å². The van der Waals surface area contributed by atoms with Crippen molar-refractivity contribution in [2.24, 2.45) is 0 Å². The summed E-state index contributed by atoms with van der Waals surface area (Å²) in [4.78, 5) is 7.70. The lowest BCUT2D eigenvalue weighted by Gasteiger charge is -2.05. The molecule has 0 aliphatic carbocycles. The van der Waals surface area contributed by atoms with Crippen LogP contribution in [0.15, 0.2) is 53.3 Å². The van der Waals surface area contributed by atoms with Crippen LogP contribution in [0.1, 0.15) is 5.82 Å². The number of benzene rings is 1. The first-order valence-corrected chi connectivity index (χ1v) is 6.97. The summed E-state index contributed by atoms with van der Waals surface area (Å²) >= 11 is 2.98. The van der Waals surface area contributed by atoms with E-state index >= 15 is 0 Å². The second kappa shape index (κ2) is 5.53. The third-order valence-corrected chi connectivity index (χ3v) is 3.36. The predicted molar refractivity (Wildman–Crippen MR) is 77.3 cm³/mol. The quantitative estimate of drug-likeness (QED) is 0.683. The third-order valence-electron chi connectivity index (χ3n) is 2.84. The van der Waals surface area contributed by atoms with Gasteiger partial charge in [0.15, 0.2) is 5.82 Å². The molecule has 112 valence electrons. The van der Waals surface area contributed by atoms with Crippen LogP contribution in [0, 0.1) is 0 Å². The molecule has 22 heavy (non-hydrogen) atoms. The van der Waals surface area contributed by atoms with Gasteiger partial charge in [-0.15, -0.1) is 5.10 Å². The Morgan fingerprint density at radius 2 is 1.64 bits per heavy atom. The number of halogens is 4. The highest BCUT2D eigenvalue weighted by Gasteiger charge is 2.37. The Kier molecular flexibility index (Phi) is 3.69. The molecule has 0 aliphatic rings. The molecule has 3 rings (SSSR count). The number of alkyl halides is 3. The van der Waals surface area contributed by atoms with Gasteiger partial charge in [-0.2, -0.15) is 22.8 Å². The molecule has 0 atom stereocenters. The minimum Gasteiger partial charge on any atom is -0.229 e.